The number of carbonyl (C=O) groups excluding carboxylic acids is 1. The molecule has 3 nitrogen and oxygen atoms in total. The standard InChI is InChI=1S/C18H22N2O/c1-13-8-6-10-17(15(13)3)20-18(21)19-12-11-16-9-5-4-7-14(16)2/h4-10H,11-12H2,1-3H3,(H2,19,20,21). The first-order valence-electron chi connectivity index (χ1n) is 7.23. The molecule has 2 aromatic rings. The predicted molar refractivity (Wildman–Crippen MR) is 87.8 cm³/mol. The van der Waals surface area contributed by atoms with Gasteiger partial charge in [-0.2, -0.15) is 0 Å². The molecule has 21 heavy (non-hydrogen) atoms. The molecule has 0 saturated carbocycles. The summed E-state index contributed by atoms with van der Waals surface area (Å²) in [7, 11) is 0. The zero-order valence-corrected chi connectivity index (χ0v) is 12.9. The van der Waals surface area contributed by atoms with Crippen LogP contribution in [0.3, 0.4) is 0 Å². The molecule has 0 atom stereocenters. The van der Waals surface area contributed by atoms with Gasteiger partial charge < -0.3 is 10.6 Å². The summed E-state index contributed by atoms with van der Waals surface area (Å²) in [5, 5.41) is 5.81. The molecule has 3 heteroatoms. The summed E-state index contributed by atoms with van der Waals surface area (Å²) in [6.45, 7) is 6.77. The van der Waals surface area contributed by atoms with Gasteiger partial charge in [0.15, 0.2) is 0 Å². The molecule has 0 aliphatic rings. The highest BCUT2D eigenvalue weighted by Crippen LogP contribution is 2.17. The first-order valence-corrected chi connectivity index (χ1v) is 7.23. The Hall–Kier alpha value is -2.29. The third kappa shape index (κ3) is 4.09. The molecule has 110 valence electrons. The Morgan fingerprint density at radius 3 is 2.43 bits per heavy atom. The summed E-state index contributed by atoms with van der Waals surface area (Å²) >= 11 is 0. The zero-order valence-electron chi connectivity index (χ0n) is 12.9. The van der Waals surface area contributed by atoms with Gasteiger partial charge in [-0.25, -0.2) is 4.79 Å². The van der Waals surface area contributed by atoms with Crippen molar-refractivity contribution in [2.24, 2.45) is 0 Å². The Morgan fingerprint density at radius 2 is 1.67 bits per heavy atom. The summed E-state index contributed by atoms with van der Waals surface area (Å²) < 4.78 is 0. The molecule has 0 radical (unpaired) electrons. The van der Waals surface area contributed by atoms with Crippen LogP contribution in [0.15, 0.2) is 42.5 Å². The lowest BCUT2D eigenvalue weighted by atomic mass is 10.1. The van der Waals surface area contributed by atoms with Gasteiger partial charge in [-0.3, -0.25) is 0 Å². The lowest BCUT2D eigenvalue weighted by Crippen LogP contribution is -2.30. The smallest absolute Gasteiger partial charge is 0.319 e. The highest BCUT2D eigenvalue weighted by atomic mass is 16.2. The Bertz CT molecular complexity index is 635. The largest absolute Gasteiger partial charge is 0.338 e. The second-order valence-corrected chi connectivity index (χ2v) is 5.30. The molecule has 0 unspecified atom stereocenters. The summed E-state index contributed by atoms with van der Waals surface area (Å²) in [6, 6.07) is 14.0. The van der Waals surface area contributed by atoms with Crippen LogP contribution >= 0.6 is 0 Å². The van der Waals surface area contributed by atoms with Crippen molar-refractivity contribution >= 4 is 11.7 Å². The first-order chi connectivity index (χ1) is 10.1. The highest BCUT2D eigenvalue weighted by Gasteiger charge is 2.05. The first kappa shape index (κ1) is 15.1. The average molecular weight is 282 g/mol. The third-order valence-corrected chi connectivity index (χ3v) is 3.79. The van der Waals surface area contributed by atoms with E-state index < -0.39 is 0 Å². The summed E-state index contributed by atoms with van der Waals surface area (Å²) in [5.41, 5.74) is 5.67. The van der Waals surface area contributed by atoms with Crippen LogP contribution in [0.25, 0.3) is 0 Å². The Balaban J connectivity index is 1.85. The molecule has 0 aliphatic heterocycles. The Morgan fingerprint density at radius 1 is 0.952 bits per heavy atom. The summed E-state index contributed by atoms with van der Waals surface area (Å²) in [4.78, 5) is 11.9. The minimum absolute atomic E-state index is 0.155. The molecule has 0 saturated heterocycles. The maximum Gasteiger partial charge on any atom is 0.319 e. The fourth-order valence-electron chi connectivity index (χ4n) is 2.25. The van der Waals surface area contributed by atoms with Crippen molar-refractivity contribution < 1.29 is 4.79 Å². The molecule has 2 amide bonds. The number of hydrogen-bond acceptors (Lipinski definition) is 1. The number of hydrogen-bond donors (Lipinski definition) is 2. The van der Waals surface area contributed by atoms with E-state index in [1.807, 2.05) is 44.2 Å². The number of amides is 2. The van der Waals surface area contributed by atoms with E-state index in [2.05, 4.69) is 29.7 Å². The van der Waals surface area contributed by atoms with Crippen molar-refractivity contribution in [3.63, 3.8) is 0 Å². The predicted octanol–water partition coefficient (Wildman–Crippen LogP) is 3.98. The van der Waals surface area contributed by atoms with Crippen molar-refractivity contribution in [1.82, 2.24) is 5.32 Å². The molecule has 0 fully saturated rings. The van der Waals surface area contributed by atoms with Crippen LogP contribution in [0.2, 0.25) is 0 Å². The lowest BCUT2D eigenvalue weighted by molar-refractivity contribution is 0.252. The normalized spacial score (nSPS) is 10.2. The number of carbonyl (C=O) groups is 1. The number of benzene rings is 2. The number of aryl methyl sites for hydroxylation is 2. The van der Waals surface area contributed by atoms with Crippen LogP contribution in [-0.4, -0.2) is 12.6 Å². The van der Waals surface area contributed by atoms with Gasteiger partial charge in [0.1, 0.15) is 0 Å². The number of nitrogens with one attached hydrogen (secondary N) is 2. The highest BCUT2D eigenvalue weighted by molar-refractivity contribution is 5.90. The molecule has 0 aromatic heterocycles. The molecule has 0 bridgehead atoms. The van der Waals surface area contributed by atoms with E-state index in [-0.39, 0.29) is 6.03 Å². The fraction of sp³-hybridized carbons (Fsp3) is 0.278. The quantitative estimate of drug-likeness (QED) is 0.875. The monoisotopic (exact) mass is 282 g/mol. The Labute approximate surface area is 126 Å². The number of rotatable bonds is 4. The van der Waals surface area contributed by atoms with Crippen molar-refractivity contribution in [3.8, 4) is 0 Å². The van der Waals surface area contributed by atoms with Gasteiger partial charge in [-0.1, -0.05) is 36.4 Å². The minimum atomic E-state index is -0.155. The minimum Gasteiger partial charge on any atom is -0.338 e. The average Bonchev–Trinajstić information content (AvgIpc) is 2.46. The van der Waals surface area contributed by atoms with Crippen LogP contribution in [0.5, 0.6) is 0 Å². The van der Waals surface area contributed by atoms with E-state index in [0.29, 0.717) is 6.54 Å². The summed E-state index contributed by atoms with van der Waals surface area (Å²) in [6.07, 6.45) is 0.840. The maximum absolute atomic E-state index is 11.9. The fourth-order valence-corrected chi connectivity index (χ4v) is 2.25. The van der Waals surface area contributed by atoms with E-state index >= 15 is 0 Å². The zero-order chi connectivity index (χ0) is 15.2. The van der Waals surface area contributed by atoms with E-state index in [0.717, 1.165) is 17.7 Å². The van der Waals surface area contributed by atoms with Crippen LogP contribution in [0.4, 0.5) is 10.5 Å². The SMILES string of the molecule is Cc1ccccc1CCNC(=O)Nc1cccc(C)c1C. The van der Waals surface area contributed by atoms with Crippen LogP contribution in [-0.2, 0) is 6.42 Å². The van der Waals surface area contributed by atoms with Gasteiger partial charge in [0, 0.05) is 12.2 Å². The third-order valence-electron chi connectivity index (χ3n) is 3.79. The van der Waals surface area contributed by atoms with Gasteiger partial charge in [-0.15, -0.1) is 0 Å². The van der Waals surface area contributed by atoms with Gasteiger partial charge in [0.25, 0.3) is 0 Å². The molecule has 2 rings (SSSR count). The van der Waals surface area contributed by atoms with Gasteiger partial charge in [0.05, 0.1) is 0 Å². The lowest BCUT2D eigenvalue weighted by Gasteiger charge is -2.12. The van der Waals surface area contributed by atoms with Gasteiger partial charge in [0.2, 0.25) is 0 Å². The van der Waals surface area contributed by atoms with Gasteiger partial charge >= 0.3 is 6.03 Å². The Kier molecular flexibility index (Phi) is 4.99. The molecule has 2 N–H and O–H groups in total. The molecular weight excluding hydrogens is 260 g/mol. The topological polar surface area (TPSA) is 41.1 Å². The number of urea groups is 1. The van der Waals surface area contributed by atoms with Crippen molar-refractivity contribution in [2.75, 3.05) is 11.9 Å². The van der Waals surface area contributed by atoms with Crippen molar-refractivity contribution in [1.29, 1.82) is 0 Å². The molecule has 0 heterocycles. The van der Waals surface area contributed by atoms with Crippen LogP contribution < -0.4 is 10.6 Å². The van der Waals surface area contributed by atoms with Gasteiger partial charge in [-0.05, 0) is 55.5 Å². The van der Waals surface area contributed by atoms with Crippen LogP contribution in [0, 0.1) is 20.8 Å². The molecule has 0 aliphatic carbocycles. The summed E-state index contributed by atoms with van der Waals surface area (Å²) in [5.74, 6) is 0. The van der Waals surface area contributed by atoms with E-state index in [1.165, 1.54) is 16.7 Å². The van der Waals surface area contributed by atoms with Crippen LogP contribution in [0.1, 0.15) is 22.3 Å². The van der Waals surface area contributed by atoms with E-state index in [4.69, 9.17) is 0 Å². The van der Waals surface area contributed by atoms with Crippen molar-refractivity contribution in [3.05, 3.63) is 64.7 Å². The second-order valence-electron chi connectivity index (χ2n) is 5.30. The van der Waals surface area contributed by atoms with E-state index in [1.54, 1.807) is 0 Å². The molecular formula is C18H22N2O. The number of anilines is 1. The van der Waals surface area contributed by atoms with Crippen molar-refractivity contribution in [2.45, 2.75) is 27.2 Å². The maximum atomic E-state index is 11.9. The molecule has 2 aromatic carbocycles. The van der Waals surface area contributed by atoms with E-state index in [9.17, 15) is 4.79 Å². The molecule has 0 spiro atoms. The second kappa shape index (κ2) is 6.93.